The molecule has 0 aliphatic heterocycles. The molecule has 0 bridgehead atoms. The Morgan fingerprint density at radius 2 is 1.76 bits per heavy atom. The molecule has 8 heteroatoms. The van der Waals surface area contributed by atoms with Crippen LogP contribution in [0, 0.1) is 0 Å². The van der Waals surface area contributed by atoms with Crippen molar-refractivity contribution in [1.82, 2.24) is 9.97 Å². The smallest absolute Gasteiger partial charge is 0.365 e. The lowest BCUT2D eigenvalue weighted by Crippen LogP contribution is -2.27. The Morgan fingerprint density at radius 3 is 2.18 bits per heavy atom. The van der Waals surface area contributed by atoms with Crippen molar-refractivity contribution in [3.63, 3.8) is 0 Å². The molecule has 0 fully saturated rings. The molecule has 5 nitrogen and oxygen atoms in total. The van der Waals surface area contributed by atoms with Gasteiger partial charge < -0.3 is 5.32 Å². The molecular formula is C9H14F3N5. The number of aromatic nitrogens is 2. The normalized spacial score (nSPS) is 12.4. The van der Waals surface area contributed by atoms with Gasteiger partial charge in [-0.3, -0.25) is 5.43 Å². The molecule has 1 rings (SSSR count). The number of rotatable bonds is 2. The van der Waals surface area contributed by atoms with Crippen LogP contribution in [0.5, 0.6) is 0 Å². The number of anilines is 2. The first-order valence-corrected chi connectivity index (χ1v) is 4.83. The number of nitrogens with two attached hydrogens (primary N) is 1. The van der Waals surface area contributed by atoms with E-state index in [0.29, 0.717) is 0 Å². The molecule has 96 valence electrons. The second-order valence-electron chi connectivity index (χ2n) is 4.48. The molecule has 0 spiro atoms. The third-order valence-corrected chi connectivity index (χ3v) is 1.65. The van der Waals surface area contributed by atoms with Crippen molar-refractivity contribution < 1.29 is 13.2 Å². The zero-order valence-electron chi connectivity index (χ0n) is 9.68. The van der Waals surface area contributed by atoms with Crippen LogP contribution < -0.4 is 16.6 Å². The maximum Gasteiger partial charge on any atom is 0.433 e. The average molecular weight is 249 g/mol. The highest BCUT2D eigenvalue weighted by Gasteiger charge is 2.34. The van der Waals surface area contributed by atoms with Crippen molar-refractivity contribution in [3.05, 3.63) is 11.8 Å². The van der Waals surface area contributed by atoms with Crippen molar-refractivity contribution in [2.45, 2.75) is 32.5 Å². The summed E-state index contributed by atoms with van der Waals surface area (Å²) in [5, 5.41) is 2.82. The molecule has 0 unspecified atom stereocenters. The number of alkyl halides is 3. The number of hydrogen-bond acceptors (Lipinski definition) is 5. The number of nitrogens with one attached hydrogen (secondary N) is 2. The van der Waals surface area contributed by atoms with Crippen LogP contribution in [-0.2, 0) is 6.18 Å². The van der Waals surface area contributed by atoms with E-state index in [0.717, 1.165) is 6.07 Å². The van der Waals surface area contributed by atoms with E-state index < -0.39 is 17.4 Å². The number of hydrogen-bond donors (Lipinski definition) is 3. The topological polar surface area (TPSA) is 75.9 Å². The Hall–Kier alpha value is -1.57. The molecule has 0 saturated carbocycles. The monoisotopic (exact) mass is 249 g/mol. The fraction of sp³-hybridized carbons (Fsp3) is 0.556. The molecule has 0 radical (unpaired) electrons. The Balaban J connectivity index is 3.15. The molecule has 1 aromatic rings. The van der Waals surface area contributed by atoms with Crippen LogP contribution >= 0.6 is 0 Å². The molecule has 0 saturated heterocycles. The van der Waals surface area contributed by atoms with Gasteiger partial charge in [-0.25, -0.2) is 10.8 Å². The van der Waals surface area contributed by atoms with Gasteiger partial charge in [-0.05, 0) is 20.8 Å². The predicted molar refractivity (Wildman–Crippen MR) is 58.2 cm³/mol. The second-order valence-corrected chi connectivity index (χ2v) is 4.48. The van der Waals surface area contributed by atoms with Gasteiger partial charge in [0.25, 0.3) is 0 Å². The van der Waals surface area contributed by atoms with Crippen molar-refractivity contribution in [3.8, 4) is 0 Å². The van der Waals surface area contributed by atoms with Gasteiger partial charge in [-0.2, -0.15) is 18.2 Å². The minimum atomic E-state index is -4.54. The summed E-state index contributed by atoms with van der Waals surface area (Å²) in [4.78, 5) is 7.03. The van der Waals surface area contributed by atoms with E-state index in [1.807, 2.05) is 5.43 Å². The minimum absolute atomic E-state index is 0.0628. The molecule has 1 heterocycles. The van der Waals surface area contributed by atoms with Crippen molar-refractivity contribution in [2.75, 3.05) is 10.7 Å². The van der Waals surface area contributed by atoms with Crippen molar-refractivity contribution in [1.29, 1.82) is 0 Å². The van der Waals surface area contributed by atoms with E-state index in [-0.39, 0.29) is 11.8 Å². The first-order valence-electron chi connectivity index (χ1n) is 4.83. The zero-order valence-corrected chi connectivity index (χ0v) is 9.68. The minimum Gasteiger partial charge on any atom is -0.365 e. The number of nitrogen functional groups attached to an aromatic ring is 1. The van der Waals surface area contributed by atoms with E-state index in [1.165, 1.54) is 0 Å². The first-order chi connectivity index (χ1) is 7.62. The molecule has 0 aliphatic rings. The second kappa shape index (κ2) is 4.36. The fourth-order valence-electron chi connectivity index (χ4n) is 1.11. The fourth-order valence-corrected chi connectivity index (χ4v) is 1.11. The van der Waals surface area contributed by atoms with Gasteiger partial charge in [0.05, 0.1) is 0 Å². The molecule has 0 aromatic carbocycles. The van der Waals surface area contributed by atoms with Crippen LogP contribution in [-0.4, -0.2) is 15.5 Å². The molecule has 17 heavy (non-hydrogen) atoms. The summed E-state index contributed by atoms with van der Waals surface area (Å²) in [5.74, 6) is 4.80. The third-order valence-electron chi connectivity index (χ3n) is 1.65. The Morgan fingerprint density at radius 1 is 1.18 bits per heavy atom. The molecule has 0 amide bonds. The highest BCUT2D eigenvalue weighted by molar-refractivity contribution is 5.44. The summed E-state index contributed by atoms with van der Waals surface area (Å²) < 4.78 is 37.6. The highest BCUT2D eigenvalue weighted by Crippen LogP contribution is 2.30. The van der Waals surface area contributed by atoms with Crippen LogP contribution in [0.15, 0.2) is 6.07 Å². The van der Waals surface area contributed by atoms with Gasteiger partial charge in [-0.15, -0.1) is 0 Å². The average Bonchev–Trinajstić information content (AvgIpc) is 2.13. The van der Waals surface area contributed by atoms with Gasteiger partial charge in [0.2, 0.25) is 5.95 Å². The van der Waals surface area contributed by atoms with Crippen LogP contribution in [0.2, 0.25) is 0 Å². The lowest BCUT2D eigenvalue weighted by atomic mass is 10.1. The van der Waals surface area contributed by atoms with E-state index in [2.05, 4.69) is 15.3 Å². The zero-order chi connectivity index (χ0) is 13.3. The SMILES string of the molecule is CC(C)(C)Nc1cc(C(F)(F)F)nc(NN)n1. The summed E-state index contributed by atoms with van der Waals surface area (Å²) >= 11 is 0. The molecule has 1 aromatic heterocycles. The molecule has 4 N–H and O–H groups in total. The summed E-state index contributed by atoms with van der Waals surface area (Å²) in [6.07, 6.45) is -4.54. The Kier molecular flexibility index (Phi) is 3.46. The standard InChI is InChI=1S/C9H14F3N5/c1-8(2,3)16-6-4-5(9(10,11)12)14-7(15-6)17-13/h4H,13H2,1-3H3,(H2,14,15,16,17). The largest absolute Gasteiger partial charge is 0.433 e. The quantitative estimate of drug-likeness (QED) is 0.552. The Labute approximate surface area is 96.6 Å². The van der Waals surface area contributed by atoms with Gasteiger partial charge in [0, 0.05) is 11.6 Å². The lowest BCUT2D eigenvalue weighted by molar-refractivity contribution is -0.141. The lowest BCUT2D eigenvalue weighted by Gasteiger charge is -2.22. The summed E-state index contributed by atoms with van der Waals surface area (Å²) in [5.41, 5.74) is 0.541. The maximum absolute atomic E-state index is 12.5. The summed E-state index contributed by atoms with van der Waals surface area (Å²) in [7, 11) is 0. The van der Waals surface area contributed by atoms with Crippen LogP contribution in [0.3, 0.4) is 0 Å². The van der Waals surface area contributed by atoms with Gasteiger partial charge >= 0.3 is 6.18 Å². The number of hydrazine groups is 1. The van der Waals surface area contributed by atoms with Crippen LogP contribution in [0.4, 0.5) is 24.9 Å². The van der Waals surface area contributed by atoms with Crippen LogP contribution in [0.25, 0.3) is 0 Å². The summed E-state index contributed by atoms with van der Waals surface area (Å²) in [6.45, 7) is 5.41. The molecule has 0 atom stereocenters. The van der Waals surface area contributed by atoms with Gasteiger partial charge in [0.15, 0.2) is 5.69 Å². The van der Waals surface area contributed by atoms with Crippen molar-refractivity contribution in [2.24, 2.45) is 5.84 Å². The summed E-state index contributed by atoms with van der Waals surface area (Å²) in [6, 6.07) is 0.839. The molecule has 0 aliphatic carbocycles. The van der Waals surface area contributed by atoms with E-state index >= 15 is 0 Å². The van der Waals surface area contributed by atoms with Gasteiger partial charge in [0.1, 0.15) is 5.82 Å². The van der Waals surface area contributed by atoms with Crippen molar-refractivity contribution >= 4 is 11.8 Å². The van der Waals surface area contributed by atoms with Crippen LogP contribution in [0.1, 0.15) is 26.5 Å². The van der Waals surface area contributed by atoms with E-state index in [9.17, 15) is 13.2 Å². The number of nitrogens with zero attached hydrogens (tertiary/aromatic N) is 2. The maximum atomic E-state index is 12.5. The van der Waals surface area contributed by atoms with E-state index in [4.69, 9.17) is 5.84 Å². The van der Waals surface area contributed by atoms with Gasteiger partial charge in [-0.1, -0.05) is 0 Å². The molecular weight excluding hydrogens is 235 g/mol. The Bertz CT molecular complexity index is 397. The third kappa shape index (κ3) is 4.06. The highest BCUT2D eigenvalue weighted by atomic mass is 19.4. The van der Waals surface area contributed by atoms with E-state index in [1.54, 1.807) is 20.8 Å². The predicted octanol–water partition coefficient (Wildman–Crippen LogP) is 1.99. The first kappa shape index (κ1) is 13.5. The number of halogens is 3.